The molecule has 0 radical (unpaired) electrons. The molecule has 1 aromatic rings. The van der Waals surface area contributed by atoms with Crippen LogP contribution in [0.25, 0.3) is 0 Å². The van der Waals surface area contributed by atoms with Crippen molar-refractivity contribution in [1.82, 2.24) is 21.5 Å². The molecule has 0 saturated heterocycles. The molecule has 0 heterocycles. The highest BCUT2D eigenvalue weighted by Crippen LogP contribution is 2.17. The van der Waals surface area contributed by atoms with E-state index >= 15 is 0 Å². The highest BCUT2D eigenvalue weighted by Gasteiger charge is 2.26. The third-order valence-electron chi connectivity index (χ3n) is 3.68. The number of methoxy groups -OCH3 is 2. The van der Waals surface area contributed by atoms with Crippen molar-refractivity contribution in [3.05, 3.63) is 29.8 Å². The number of ether oxygens (including phenoxy) is 2. The monoisotopic (exact) mass is 396 g/mol. The molecule has 8 nitrogen and oxygen atoms in total. The van der Waals surface area contributed by atoms with Gasteiger partial charge in [0.05, 0.1) is 19.3 Å². The summed E-state index contributed by atoms with van der Waals surface area (Å²) in [6.45, 7) is 6.04. The van der Waals surface area contributed by atoms with E-state index in [-0.39, 0.29) is 17.1 Å². The molecule has 2 atom stereocenters. The Labute approximate surface area is 165 Å². The Balaban J connectivity index is 2.68. The average Bonchev–Trinajstić information content (AvgIpc) is 2.63. The number of para-hydroxylation sites is 1. The largest absolute Gasteiger partial charge is 0.496 e. The second kappa shape index (κ2) is 11.3. The Hall–Kier alpha value is -2.39. The van der Waals surface area contributed by atoms with E-state index in [2.05, 4.69) is 21.5 Å². The number of hydrogen-bond acceptors (Lipinski definition) is 5. The molecule has 0 spiro atoms. The highest BCUT2D eigenvalue weighted by molar-refractivity contribution is 7.80. The summed E-state index contributed by atoms with van der Waals surface area (Å²) in [6, 6.07) is 6.05. The number of rotatable bonds is 8. The van der Waals surface area contributed by atoms with E-state index in [4.69, 9.17) is 21.7 Å². The Morgan fingerprint density at radius 2 is 1.74 bits per heavy atom. The van der Waals surface area contributed by atoms with E-state index in [9.17, 15) is 9.59 Å². The smallest absolute Gasteiger partial charge is 0.261 e. The zero-order valence-corrected chi connectivity index (χ0v) is 17.1. The van der Waals surface area contributed by atoms with E-state index in [0.717, 1.165) is 0 Å². The van der Waals surface area contributed by atoms with Gasteiger partial charge in [-0.15, -0.1) is 0 Å². The van der Waals surface area contributed by atoms with Gasteiger partial charge in [0.15, 0.2) is 5.11 Å². The molecular formula is C18H28N4O4S. The maximum atomic E-state index is 12.6. The number of hydrazine groups is 1. The van der Waals surface area contributed by atoms with E-state index in [1.54, 1.807) is 31.4 Å². The molecule has 0 unspecified atom stereocenters. The number of amides is 2. The Kier molecular flexibility index (Phi) is 9.52. The van der Waals surface area contributed by atoms with Crippen molar-refractivity contribution in [2.45, 2.75) is 32.9 Å². The minimum absolute atomic E-state index is 0.0157. The lowest BCUT2D eigenvalue weighted by Gasteiger charge is -2.23. The first-order valence-corrected chi connectivity index (χ1v) is 9.00. The minimum atomic E-state index is -0.755. The van der Waals surface area contributed by atoms with Crippen molar-refractivity contribution in [1.29, 1.82) is 0 Å². The average molecular weight is 397 g/mol. The maximum absolute atomic E-state index is 12.6. The number of thiocarbonyl (C=S) groups is 1. The van der Waals surface area contributed by atoms with Crippen molar-refractivity contribution < 1.29 is 19.1 Å². The summed E-state index contributed by atoms with van der Waals surface area (Å²) in [4.78, 5) is 25.0. The van der Waals surface area contributed by atoms with E-state index in [1.807, 2.05) is 20.8 Å². The predicted molar refractivity (Wildman–Crippen MR) is 107 cm³/mol. The van der Waals surface area contributed by atoms with Crippen LogP contribution in [-0.2, 0) is 9.53 Å². The zero-order valence-electron chi connectivity index (χ0n) is 16.3. The molecule has 0 fully saturated rings. The van der Waals surface area contributed by atoms with Crippen LogP contribution in [0.2, 0.25) is 0 Å². The molecule has 0 aliphatic rings. The normalized spacial score (nSPS) is 12.7. The summed E-state index contributed by atoms with van der Waals surface area (Å²) in [6.07, 6.45) is 0. The van der Waals surface area contributed by atoms with Crippen LogP contribution in [0, 0.1) is 5.92 Å². The van der Waals surface area contributed by atoms with Gasteiger partial charge in [0.25, 0.3) is 11.8 Å². The fraction of sp³-hybridized carbons (Fsp3) is 0.500. The first kappa shape index (κ1) is 22.7. The van der Waals surface area contributed by atoms with Crippen LogP contribution in [0.1, 0.15) is 31.1 Å². The number of nitrogens with one attached hydrogen (secondary N) is 4. The summed E-state index contributed by atoms with van der Waals surface area (Å²) < 4.78 is 10.2. The van der Waals surface area contributed by atoms with Crippen molar-refractivity contribution in [3.63, 3.8) is 0 Å². The topological polar surface area (TPSA) is 101 Å². The van der Waals surface area contributed by atoms with E-state index in [1.165, 1.54) is 7.11 Å². The van der Waals surface area contributed by atoms with Gasteiger partial charge in [-0.05, 0) is 37.2 Å². The first-order chi connectivity index (χ1) is 12.8. The molecular weight excluding hydrogens is 368 g/mol. The van der Waals surface area contributed by atoms with E-state index in [0.29, 0.717) is 17.9 Å². The minimum Gasteiger partial charge on any atom is -0.496 e. The molecule has 0 aliphatic carbocycles. The Morgan fingerprint density at radius 1 is 1.07 bits per heavy atom. The van der Waals surface area contributed by atoms with Crippen LogP contribution < -0.4 is 26.2 Å². The molecule has 0 aromatic heterocycles. The fourth-order valence-electron chi connectivity index (χ4n) is 2.33. The summed E-state index contributed by atoms with van der Waals surface area (Å²) in [7, 11) is 3.08. The number of carbonyl (C=O) groups is 2. The van der Waals surface area contributed by atoms with Crippen LogP contribution in [0.3, 0.4) is 0 Å². The Morgan fingerprint density at radius 3 is 2.33 bits per heavy atom. The van der Waals surface area contributed by atoms with Gasteiger partial charge in [-0.2, -0.15) is 0 Å². The second-order valence-electron chi connectivity index (χ2n) is 6.34. The molecule has 27 heavy (non-hydrogen) atoms. The number of hydrogen-bond donors (Lipinski definition) is 4. The molecule has 0 saturated carbocycles. The molecule has 0 bridgehead atoms. The highest BCUT2D eigenvalue weighted by atomic mass is 32.1. The van der Waals surface area contributed by atoms with Gasteiger partial charge < -0.3 is 20.1 Å². The van der Waals surface area contributed by atoms with Crippen molar-refractivity contribution in [2.24, 2.45) is 5.92 Å². The van der Waals surface area contributed by atoms with Crippen LogP contribution >= 0.6 is 12.2 Å². The second-order valence-corrected chi connectivity index (χ2v) is 6.75. The van der Waals surface area contributed by atoms with Gasteiger partial charge in [-0.1, -0.05) is 26.0 Å². The third-order valence-corrected chi connectivity index (χ3v) is 3.90. The SMILES string of the molecule is COC[C@H](C)NC(=S)NNC(=O)[C@@H](NC(=O)c1ccccc1OC)C(C)C. The lowest BCUT2D eigenvalue weighted by molar-refractivity contribution is -0.124. The first-order valence-electron chi connectivity index (χ1n) is 8.59. The fourth-order valence-corrected chi connectivity index (χ4v) is 2.59. The van der Waals surface area contributed by atoms with Crippen LogP contribution in [0.5, 0.6) is 5.75 Å². The van der Waals surface area contributed by atoms with Crippen molar-refractivity contribution >= 4 is 29.1 Å². The van der Waals surface area contributed by atoms with Gasteiger partial charge in [0, 0.05) is 13.2 Å². The summed E-state index contributed by atoms with van der Waals surface area (Å²) in [5.41, 5.74) is 5.51. The summed E-state index contributed by atoms with van der Waals surface area (Å²) in [5, 5.41) is 5.96. The number of carbonyl (C=O) groups excluding carboxylic acids is 2. The van der Waals surface area contributed by atoms with Crippen LogP contribution in [-0.4, -0.2) is 49.8 Å². The maximum Gasteiger partial charge on any atom is 0.261 e. The predicted octanol–water partition coefficient (Wildman–Crippen LogP) is 0.980. The third kappa shape index (κ3) is 7.40. The van der Waals surface area contributed by atoms with Gasteiger partial charge >= 0.3 is 0 Å². The van der Waals surface area contributed by atoms with Crippen molar-refractivity contribution in [3.8, 4) is 5.75 Å². The molecule has 1 aromatic carbocycles. The molecule has 9 heteroatoms. The summed E-state index contributed by atoms with van der Waals surface area (Å²) in [5.74, 6) is -0.500. The lowest BCUT2D eigenvalue weighted by atomic mass is 10.0. The Bertz CT molecular complexity index is 654. The molecule has 2 amide bonds. The van der Waals surface area contributed by atoms with Gasteiger partial charge in [-0.3, -0.25) is 20.4 Å². The standard InChI is InChI=1S/C18H28N4O4S/c1-11(2)15(17(24)21-22-18(27)19-12(3)10-25-4)20-16(23)13-8-6-7-9-14(13)26-5/h6-9,11-12,15H,10H2,1-5H3,(H,20,23)(H,21,24)(H2,19,22,27)/t12-,15-/m0/s1. The van der Waals surface area contributed by atoms with Gasteiger partial charge in [0.1, 0.15) is 11.8 Å². The quantitative estimate of drug-likeness (QED) is 0.384. The lowest BCUT2D eigenvalue weighted by Crippen LogP contribution is -2.56. The van der Waals surface area contributed by atoms with Gasteiger partial charge in [0.2, 0.25) is 0 Å². The summed E-state index contributed by atoms with van der Waals surface area (Å²) >= 11 is 5.12. The molecule has 150 valence electrons. The molecule has 0 aliphatic heterocycles. The van der Waals surface area contributed by atoms with Crippen LogP contribution in [0.15, 0.2) is 24.3 Å². The zero-order chi connectivity index (χ0) is 20.4. The van der Waals surface area contributed by atoms with Gasteiger partial charge in [-0.25, -0.2) is 0 Å². The molecule has 1 rings (SSSR count). The molecule has 4 N–H and O–H groups in total. The van der Waals surface area contributed by atoms with Crippen molar-refractivity contribution in [2.75, 3.05) is 20.8 Å². The number of benzene rings is 1. The van der Waals surface area contributed by atoms with E-state index < -0.39 is 17.9 Å². The van der Waals surface area contributed by atoms with Crippen LogP contribution in [0.4, 0.5) is 0 Å².